The van der Waals surface area contributed by atoms with Crippen LogP contribution in [-0.4, -0.2) is 23.0 Å². The number of nitrogens with zero attached hydrogens (tertiary/aromatic N) is 3. The first-order valence-electron chi connectivity index (χ1n) is 14.6. The average molecular weight is 604 g/mol. The number of benzene rings is 4. The molecule has 7 aromatic rings. The molecule has 0 N–H and O–H groups in total. The molecule has 4 aromatic carbocycles. The fourth-order valence-corrected chi connectivity index (χ4v) is 10.8. The van der Waals surface area contributed by atoms with E-state index in [9.17, 15) is 0 Å². The molecule has 45 heavy (non-hydrogen) atoms. The molecule has 0 aliphatic carbocycles. The lowest BCUT2D eigenvalue weighted by Crippen LogP contribution is -2.74. The van der Waals surface area contributed by atoms with Gasteiger partial charge in [-0.2, -0.15) is 0 Å². The van der Waals surface area contributed by atoms with Crippen LogP contribution < -0.4 is 20.7 Å². The van der Waals surface area contributed by atoms with Gasteiger partial charge in [0.25, 0.3) is 0 Å². The minimum absolute atomic E-state index is 0.609. The number of halogens is 2. The summed E-state index contributed by atoms with van der Waals surface area (Å²) in [6.45, 7) is 0. The Bertz CT molecular complexity index is 1820. The highest BCUT2D eigenvalue weighted by atomic mass is 28.3. The van der Waals surface area contributed by atoms with E-state index < -0.39 is 19.7 Å². The predicted molar refractivity (Wildman–Crippen MR) is 180 cm³/mol. The fourth-order valence-electron chi connectivity index (χ4n) is 6.04. The zero-order chi connectivity index (χ0) is 30.6. The van der Waals surface area contributed by atoms with Gasteiger partial charge in [0.2, 0.25) is 0 Å². The molecule has 0 amide bonds. The Morgan fingerprint density at radius 2 is 0.689 bits per heavy atom. The zero-order valence-corrected chi connectivity index (χ0v) is 25.2. The summed E-state index contributed by atoms with van der Waals surface area (Å²) >= 11 is 0. The third-order valence-corrected chi connectivity index (χ3v) is 12.9. The second-order valence-corrected chi connectivity index (χ2v) is 14.6. The molecule has 3 nitrogen and oxygen atoms in total. The summed E-state index contributed by atoms with van der Waals surface area (Å²) in [5.74, 6) is -1.22. The Morgan fingerprint density at radius 3 is 0.978 bits per heavy atom. The van der Waals surface area contributed by atoms with Crippen molar-refractivity contribution in [3.8, 4) is 33.8 Å². The molecule has 0 spiro atoms. The molecule has 0 radical (unpaired) electrons. The van der Waals surface area contributed by atoms with E-state index >= 15 is 8.78 Å². The van der Waals surface area contributed by atoms with E-state index in [4.69, 9.17) is 0 Å². The van der Waals surface area contributed by atoms with Crippen molar-refractivity contribution in [2.75, 3.05) is 0 Å². The van der Waals surface area contributed by atoms with Crippen LogP contribution in [0.2, 0.25) is 0 Å². The molecule has 0 unspecified atom stereocenters. The summed E-state index contributed by atoms with van der Waals surface area (Å²) in [4.78, 5) is 13.5. The van der Waals surface area contributed by atoms with Crippen molar-refractivity contribution >= 4 is 28.8 Å². The Labute approximate surface area is 261 Å². The monoisotopic (exact) mass is 603 g/mol. The van der Waals surface area contributed by atoms with Gasteiger partial charge in [-0.15, -0.1) is 0 Å². The SMILES string of the molecule is Fc1cc(F)cc([Si](c2ccc(-c3ccccn3)cc2)(c2ccc(-c3ccccn3)cc2)c2ccc(-c3ccccn3)cc2)c1. The average Bonchev–Trinajstić information content (AvgIpc) is 3.10. The molecule has 0 atom stereocenters. The van der Waals surface area contributed by atoms with Crippen molar-refractivity contribution in [3.05, 3.63) is 176 Å². The van der Waals surface area contributed by atoms with Gasteiger partial charge in [-0.25, -0.2) is 8.78 Å². The third kappa shape index (κ3) is 5.48. The number of rotatable bonds is 7. The largest absolute Gasteiger partial charge is 0.256 e. The molecule has 0 saturated heterocycles. The standard InChI is InChI=1S/C39H27F2N3Si/c40-31-25-32(41)27-36(26-31)45(33-16-10-28(11-17-33)37-7-1-4-22-42-37,34-18-12-29(13-19-34)38-8-2-5-23-43-38)35-20-14-30(15-21-35)39-9-3-6-24-44-39/h1-27H. The van der Waals surface area contributed by atoms with Gasteiger partial charge in [0.15, 0.2) is 8.07 Å². The van der Waals surface area contributed by atoms with Gasteiger partial charge in [0.1, 0.15) is 11.6 Å². The lowest BCUT2D eigenvalue weighted by atomic mass is 10.1. The van der Waals surface area contributed by atoms with Gasteiger partial charge < -0.3 is 0 Å². The molecule has 7 rings (SSSR count). The van der Waals surface area contributed by atoms with Gasteiger partial charge >= 0.3 is 0 Å². The van der Waals surface area contributed by atoms with E-state index in [0.717, 1.165) is 55.4 Å². The van der Waals surface area contributed by atoms with Crippen molar-refractivity contribution in [1.29, 1.82) is 0 Å². The fraction of sp³-hybridized carbons (Fsp3) is 0. The highest BCUT2D eigenvalue weighted by Gasteiger charge is 2.42. The van der Waals surface area contributed by atoms with Crippen LogP contribution in [0.1, 0.15) is 0 Å². The summed E-state index contributed by atoms with van der Waals surface area (Å²) in [6.07, 6.45) is 5.30. The summed E-state index contributed by atoms with van der Waals surface area (Å²) in [5, 5.41) is 3.58. The molecule has 3 heterocycles. The minimum Gasteiger partial charge on any atom is -0.256 e. The maximum atomic E-state index is 15.1. The molecule has 0 aliphatic heterocycles. The smallest absolute Gasteiger partial charge is 0.179 e. The second-order valence-electron chi connectivity index (χ2n) is 10.8. The topological polar surface area (TPSA) is 38.7 Å². The molecule has 0 fully saturated rings. The lowest BCUT2D eigenvalue weighted by Gasteiger charge is -2.35. The number of pyridine rings is 3. The van der Waals surface area contributed by atoms with Crippen LogP contribution in [0.5, 0.6) is 0 Å². The van der Waals surface area contributed by atoms with E-state index in [-0.39, 0.29) is 0 Å². The Balaban J connectivity index is 1.48. The number of hydrogen-bond acceptors (Lipinski definition) is 3. The van der Waals surface area contributed by atoms with Crippen molar-refractivity contribution in [2.45, 2.75) is 0 Å². The van der Waals surface area contributed by atoms with Crippen LogP contribution in [0.4, 0.5) is 8.78 Å². The molecular weight excluding hydrogens is 577 g/mol. The lowest BCUT2D eigenvalue weighted by molar-refractivity contribution is 0.585. The van der Waals surface area contributed by atoms with Crippen LogP contribution in [0.15, 0.2) is 164 Å². The quantitative estimate of drug-likeness (QED) is 0.154. The van der Waals surface area contributed by atoms with Gasteiger partial charge in [0.05, 0.1) is 17.1 Å². The van der Waals surface area contributed by atoms with E-state index in [1.807, 2.05) is 91.0 Å². The van der Waals surface area contributed by atoms with E-state index in [1.165, 1.54) is 12.1 Å². The molecule has 0 saturated carbocycles. The van der Waals surface area contributed by atoms with Crippen molar-refractivity contribution < 1.29 is 8.78 Å². The van der Waals surface area contributed by atoms with Gasteiger partial charge in [0, 0.05) is 41.3 Å². The van der Waals surface area contributed by atoms with Crippen molar-refractivity contribution in [1.82, 2.24) is 15.0 Å². The normalized spacial score (nSPS) is 11.3. The highest BCUT2D eigenvalue weighted by molar-refractivity contribution is 7.19. The molecule has 3 aromatic heterocycles. The van der Waals surface area contributed by atoms with Gasteiger partial charge in [-0.3, -0.25) is 15.0 Å². The van der Waals surface area contributed by atoms with E-state index in [1.54, 1.807) is 18.6 Å². The maximum Gasteiger partial charge on any atom is 0.179 e. The maximum absolute atomic E-state index is 15.1. The summed E-state index contributed by atoms with van der Waals surface area (Å²) in [5.41, 5.74) is 5.45. The second kappa shape index (κ2) is 12.2. The van der Waals surface area contributed by atoms with Gasteiger partial charge in [-0.05, 0) is 69.3 Å². The van der Waals surface area contributed by atoms with Crippen LogP contribution in [0.25, 0.3) is 33.8 Å². The van der Waals surface area contributed by atoms with E-state index in [0.29, 0.717) is 5.19 Å². The Hall–Kier alpha value is -5.59. The van der Waals surface area contributed by atoms with Crippen molar-refractivity contribution in [3.63, 3.8) is 0 Å². The third-order valence-electron chi connectivity index (χ3n) is 8.13. The van der Waals surface area contributed by atoms with Crippen LogP contribution in [0.3, 0.4) is 0 Å². The molecule has 6 heteroatoms. The van der Waals surface area contributed by atoms with Crippen LogP contribution in [0, 0.1) is 11.6 Å². The summed E-state index contributed by atoms with van der Waals surface area (Å²) in [7, 11) is -3.28. The first-order valence-corrected chi connectivity index (χ1v) is 16.6. The molecular formula is C39H27F2N3Si. The zero-order valence-electron chi connectivity index (χ0n) is 24.2. The van der Waals surface area contributed by atoms with Crippen LogP contribution in [-0.2, 0) is 0 Å². The van der Waals surface area contributed by atoms with E-state index in [2.05, 4.69) is 51.4 Å². The number of hydrogen-bond donors (Lipinski definition) is 0. The highest BCUT2D eigenvalue weighted by Crippen LogP contribution is 2.21. The minimum atomic E-state index is -3.28. The Kier molecular flexibility index (Phi) is 7.64. The van der Waals surface area contributed by atoms with Crippen LogP contribution >= 0.6 is 0 Å². The van der Waals surface area contributed by atoms with Crippen molar-refractivity contribution in [2.24, 2.45) is 0 Å². The molecule has 216 valence electrons. The number of aromatic nitrogens is 3. The van der Waals surface area contributed by atoms with Gasteiger partial charge in [-0.1, -0.05) is 91.0 Å². The molecule has 0 bridgehead atoms. The predicted octanol–water partition coefficient (Wildman–Crippen LogP) is 6.53. The first-order chi connectivity index (χ1) is 22.1. The first kappa shape index (κ1) is 28.2. The summed E-state index contributed by atoms with van der Waals surface area (Å²) < 4.78 is 30.2. The summed E-state index contributed by atoms with van der Waals surface area (Å²) in [6, 6.07) is 46.1. The molecule has 0 aliphatic rings. The Morgan fingerprint density at radius 1 is 0.356 bits per heavy atom.